The highest BCUT2D eigenvalue weighted by Gasteiger charge is 2.05. The quantitative estimate of drug-likeness (QED) is 0.536. The van der Waals surface area contributed by atoms with Crippen LogP contribution in [0.25, 0.3) is 0 Å². The van der Waals surface area contributed by atoms with E-state index in [1.165, 1.54) is 0 Å². The summed E-state index contributed by atoms with van der Waals surface area (Å²) >= 11 is 3.08. The van der Waals surface area contributed by atoms with Crippen LogP contribution in [-0.2, 0) is 4.79 Å². The molecule has 0 amide bonds. The Balaban J connectivity index is 4.35. The van der Waals surface area contributed by atoms with Crippen molar-refractivity contribution < 1.29 is 9.90 Å². The smallest absolute Gasteiger partial charge is 0.332 e. The monoisotopic (exact) mass is 192 g/mol. The van der Waals surface area contributed by atoms with Gasteiger partial charge in [0, 0.05) is 10.9 Å². The van der Waals surface area contributed by atoms with Crippen LogP contribution in [-0.4, -0.2) is 16.4 Å². The molecule has 0 aliphatic rings. The molecule has 0 saturated heterocycles. The fraction of sp³-hybridized carbons (Fsp3) is 0.500. The molecule has 52 valence electrons. The Bertz CT molecular complexity index is 145. The molecule has 0 bridgehead atoms. The van der Waals surface area contributed by atoms with Crippen LogP contribution in [0.4, 0.5) is 0 Å². The van der Waals surface area contributed by atoms with Gasteiger partial charge in [0.1, 0.15) is 0 Å². The van der Waals surface area contributed by atoms with E-state index in [9.17, 15) is 4.79 Å². The van der Waals surface area contributed by atoms with Crippen molar-refractivity contribution >= 4 is 21.9 Å². The first kappa shape index (κ1) is 8.69. The van der Waals surface area contributed by atoms with Gasteiger partial charge in [0.15, 0.2) is 0 Å². The second-order valence-electron chi connectivity index (χ2n) is 1.92. The highest BCUT2D eigenvalue weighted by Crippen LogP contribution is 2.05. The van der Waals surface area contributed by atoms with Gasteiger partial charge in [0.2, 0.25) is 0 Å². The van der Waals surface area contributed by atoms with Crippen LogP contribution in [0, 0.1) is 0 Å². The van der Waals surface area contributed by atoms with Gasteiger partial charge in [-0.05, 0) is 13.8 Å². The van der Waals surface area contributed by atoms with Crippen LogP contribution < -0.4 is 0 Å². The Morgan fingerprint density at radius 1 is 1.56 bits per heavy atom. The fourth-order valence-electron chi connectivity index (χ4n) is 0.405. The predicted octanol–water partition coefficient (Wildman–Crippen LogP) is 1.80. The van der Waals surface area contributed by atoms with Crippen molar-refractivity contribution in [2.24, 2.45) is 0 Å². The molecule has 0 aromatic carbocycles. The van der Waals surface area contributed by atoms with Gasteiger partial charge in [-0.1, -0.05) is 21.5 Å². The first-order valence-corrected chi connectivity index (χ1v) is 3.67. The van der Waals surface area contributed by atoms with Gasteiger partial charge in [-0.25, -0.2) is 4.79 Å². The molecule has 0 heterocycles. The van der Waals surface area contributed by atoms with E-state index in [2.05, 4.69) is 15.9 Å². The van der Waals surface area contributed by atoms with E-state index in [1.807, 2.05) is 0 Å². The zero-order valence-corrected chi connectivity index (χ0v) is 7.03. The Kier molecular flexibility index (Phi) is 3.54. The molecule has 0 radical (unpaired) electrons. The lowest BCUT2D eigenvalue weighted by atomic mass is 10.2. The van der Waals surface area contributed by atoms with Gasteiger partial charge in [0.25, 0.3) is 0 Å². The van der Waals surface area contributed by atoms with Gasteiger partial charge in [-0.2, -0.15) is 0 Å². The van der Waals surface area contributed by atoms with Crippen molar-refractivity contribution in [3.63, 3.8) is 0 Å². The number of allylic oxidation sites excluding steroid dienone is 1. The van der Waals surface area contributed by atoms with Gasteiger partial charge < -0.3 is 5.11 Å². The third kappa shape index (κ3) is 2.65. The van der Waals surface area contributed by atoms with Crippen molar-refractivity contribution in [3.05, 3.63) is 11.1 Å². The molecular formula is C6H9BrO2. The number of aliphatic carboxylic acids is 1. The van der Waals surface area contributed by atoms with Crippen molar-refractivity contribution in [2.75, 3.05) is 5.33 Å². The topological polar surface area (TPSA) is 37.3 Å². The minimum atomic E-state index is -0.841. The summed E-state index contributed by atoms with van der Waals surface area (Å²) in [7, 11) is 0. The lowest BCUT2D eigenvalue weighted by molar-refractivity contribution is -0.132. The van der Waals surface area contributed by atoms with E-state index in [1.54, 1.807) is 13.8 Å². The molecule has 0 rings (SSSR count). The summed E-state index contributed by atoms with van der Waals surface area (Å²) in [4.78, 5) is 10.3. The minimum Gasteiger partial charge on any atom is -0.478 e. The number of rotatable bonds is 2. The molecule has 9 heavy (non-hydrogen) atoms. The normalized spacial score (nSPS) is 8.78. The lowest BCUT2D eigenvalue weighted by Crippen LogP contribution is -2.02. The van der Waals surface area contributed by atoms with E-state index in [0.717, 1.165) is 5.57 Å². The second-order valence-corrected chi connectivity index (χ2v) is 2.48. The highest BCUT2D eigenvalue weighted by atomic mass is 79.9. The maximum absolute atomic E-state index is 10.3. The Labute approximate surface area is 62.7 Å². The average Bonchev–Trinajstić information content (AvgIpc) is 1.64. The molecule has 1 N–H and O–H groups in total. The second kappa shape index (κ2) is 3.67. The number of carboxylic acid groups (broad SMARTS) is 1. The van der Waals surface area contributed by atoms with Gasteiger partial charge in [0.05, 0.1) is 0 Å². The number of hydrogen-bond acceptors (Lipinski definition) is 1. The summed E-state index contributed by atoms with van der Waals surface area (Å²) in [5, 5.41) is 8.88. The zero-order valence-electron chi connectivity index (χ0n) is 5.44. The van der Waals surface area contributed by atoms with Gasteiger partial charge in [-0.3, -0.25) is 0 Å². The van der Waals surface area contributed by atoms with Crippen LogP contribution in [0.1, 0.15) is 13.8 Å². The predicted molar refractivity (Wildman–Crippen MR) is 39.8 cm³/mol. The summed E-state index contributed by atoms with van der Waals surface area (Å²) < 4.78 is 0. The largest absolute Gasteiger partial charge is 0.478 e. The van der Waals surface area contributed by atoms with Crippen molar-refractivity contribution in [1.82, 2.24) is 0 Å². The molecule has 0 spiro atoms. The number of carboxylic acids is 1. The number of alkyl halides is 1. The molecule has 0 aromatic heterocycles. The van der Waals surface area contributed by atoms with Gasteiger partial charge in [-0.15, -0.1) is 0 Å². The Morgan fingerprint density at radius 3 is 2.00 bits per heavy atom. The summed E-state index contributed by atoms with van der Waals surface area (Å²) in [6.07, 6.45) is 0. The summed E-state index contributed by atoms with van der Waals surface area (Å²) in [6.45, 7) is 3.56. The van der Waals surface area contributed by atoms with Crippen molar-refractivity contribution in [2.45, 2.75) is 13.8 Å². The summed E-state index contributed by atoms with van der Waals surface area (Å²) in [6, 6.07) is 0. The average molecular weight is 193 g/mol. The highest BCUT2D eigenvalue weighted by molar-refractivity contribution is 9.09. The molecule has 0 saturated carbocycles. The molecular weight excluding hydrogens is 184 g/mol. The van der Waals surface area contributed by atoms with E-state index < -0.39 is 5.97 Å². The van der Waals surface area contributed by atoms with E-state index in [0.29, 0.717) is 10.9 Å². The Hall–Kier alpha value is -0.310. The van der Waals surface area contributed by atoms with E-state index in [-0.39, 0.29) is 0 Å². The SMILES string of the molecule is CC(C)=C(CBr)C(=O)O. The molecule has 0 aromatic rings. The molecule has 2 nitrogen and oxygen atoms in total. The summed E-state index contributed by atoms with van der Waals surface area (Å²) in [5.41, 5.74) is 1.29. The van der Waals surface area contributed by atoms with E-state index >= 15 is 0 Å². The number of carbonyl (C=O) groups is 1. The molecule has 0 aliphatic carbocycles. The summed E-state index contributed by atoms with van der Waals surface area (Å²) in [5.74, 6) is -0.841. The maximum Gasteiger partial charge on any atom is 0.332 e. The number of hydrogen-bond donors (Lipinski definition) is 1. The minimum absolute atomic E-state index is 0.421. The lowest BCUT2D eigenvalue weighted by Gasteiger charge is -1.96. The standard InChI is InChI=1S/C6H9BrO2/c1-4(2)5(3-7)6(8)9/h3H2,1-2H3,(H,8,9). The Morgan fingerprint density at radius 2 is 2.00 bits per heavy atom. The van der Waals surface area contributed by atoms with E-state index in [4.69, 9.17) is 5.11 Å². The van der Waals surface area contributed by atoms with Crippen LogP contribution in [0.5, 0.6) is 0 Å². The zero-order chi connectivity index (χ0) is 7.44. The van der Waals surface area contributed by atoms with Crippen molar-refractivity contribution in [1.29, 1.82) is 0 Å². The molecule has 0 atom stereocenters. The third-order valence-electron chi connectivity index (χ3n) is 0.995. The van der Waals surface area contributed by atoms with Crippen molar-refractivity contribution in [3.8, 4) is 0 Å². The van der Waals surface area contributed by atoms with Crippen LogP contribution in [0.3, 0.4) is 0 Å². The first-order chi connectivity index (χ1) is 4.09. The van der Waals surface area contributed by atoms with Crippen LogP contribution in [0.15, 0.2) is 11.1 Å². The molecule has 0 aliphatic heterocycles. The molecule has 0 fully saturated rings. The van der Waals surface area contributed by atoms with Gasteiger partial charge >= 0.3 is 5.97 Å². The maximum atomic E-state index is 10.3. The van der Waals surface area contributed by atoms with Crippen LogP contribution in [0.2, 0.25) is 0 Å². The molecule has 0 unspecified atom stereocenters. The number of halogens is 1. The van der Waals surface area contributed by atoms with Crippen LogP contribution >= 0.6 is 15.9 Å². The third-order valence-corrected chi connectivity index (χ3v) is 1.56. The first-order valence-electron chi connectivity index (χ1n) is 2.55. The molecule has 3 heteroatoms. The fourth-order valence-corrected chi connectivity index (χ4v) is 1.21.